The van der Waals surface area contributed by atoms with Crippen molar-refractivity contribution in [3.63, 3.8) is 0 Å². The first kappa shape index (κ1) is 16.7. The van der Waals surface area contributed by atoms with Crippen molar-refractivity contribution in [2.45, 2.75) is 32.6 Å². The molecule has 1 unspecified atom stereocenters. The molecule has 2 fully saturated rings. The van der Waals surface area contributed by atoms with Crippen molar-refractivity contribution < 1.29 is 9.53 Å². The lowest BCUT2D eigenvalue weighted by Gasteiger charge is -2.42. The number of methoxy groups -OCH3 is 1. The van der Waals surface area contributed by atoms with Crippen molar-refractivity contribution in [1.29, 1.82) is 0 Å². The van der Waals surface area contributed by atoms with Crippen LogP contribution in [0.1, 0.15) is 32.6 Å². The number of halogens is 1. The van der Waals surface area contributed by atoms with Crippen LogP contribution in [0.2, 0.25) is 0 Å². The van der Waals surface area contributed by atoms with Gasteiger partial charge in [-0.15, -0.1) is 12.4 Å². The number of hydrogen-bond donors (Lipinski definition) is 2. The van der Waals surface area contributed by atoms with Crippen LogP contribution >= 0.6 is 12.4 Å². The summed E-state index contributed by atoms with van der Waals surface area (Å²) in [6.45, 7) is 5.66. The molecule has 1 aliphatic carbocycles. The van der Waals surface area contributed by atoms with Crippen molar-refractivity contribution in [3.8, 4) is 0 Å². The molecule has 1 aliphatic heterocycles. The number of ether oxygens (including phenoxy) is 1. The van der Waals surface area contributed by atoms with E-state index < -0.39 is 0 Å². The third-order valence-electron chi connectivity index (χ3n) is 4.82. The molecule has 5 heteroatoms. The molecule has 0 aromatic rings. The molecule has 2 N–H and O–H groups in total. The van der Waals surface area contributed by atoms with Crippen LogP contribution in [0.15, 0.2) is 0 Å². The van der Waals surface area contributed by atoms with E-state index in [0.29, 0.717) is 11.3 Å². The molecular weight excluding hydrogens is 264 g/mol. The van der Waals surface area contributed by atoms with Gasteiger partial charge in [-0.3, -0.25) is 4.79 Å². The fourth-order valence-corrected chi connectivity index (χ4v) is 2.82. The zero-order chi connectivity index (χ0) is 13.0. The number of carbonyl (C=O) groups is 1. The Morgan fingerprint density at radius 1 is 1.47 bits per heavy atom. The van der Waals surface area contributed by atoms with Gasteiger partial charge in [0.2, 0.25) is 5.91 Å². The summed E-state index contributed by atoms with van der Waals surface area (Å²) in [5.74, 6) is 0.900. The maximum Gasteiger partial charge on any atom is 0.223 e. The summed E-state index contributed by atoms with van der Waals surface area (Å²) < 4.78 is 5.17. The third-order valence-corrected chi connectivity index (χ3v) is 4.82. The minimum absolute atomic E-state index is 0. The Bertz CT molecular complexity index is 291. The van der Waals surface area contributed by atoms with Gasteiger partial charge >= 0.3 is 0 Å². The molecule has 0 aromatic carbocycles. The fourth-order valence-electron chi connectivity index (χ4n) is 2.82. The molecule has 112 valence electrons. The largest absolute Gasteiger partial charge is 0.385 e. The van der Waals surface area contributed by atoms with Crippen LogP contribution in [0.4, 0.5) is 0 Å². The Balaban J connectivity index is 0.00000180. The highest BCUT2D eigenvalue weighted by atomic mass is 35.5. The zero-order valence-corrected chi connectivity index (χ0v) is 12.9. The van der Waals surface area contributed by atoms with Gasteiger partial charge in [-0.2, -0.15) is 0 Å². The Hall–Kier alpha value is -0.320. The van der Waals surface area contributed by atoms with Crippen LogP contribution in [-0.2, 0) is 9.53 Å². The molecular formula is C14H27ClN2O2. The van der Waals surface area contributed by atoms with Crippen molar-refractivity contribution in [2.75, 3.05) is 33.4 Å². The zero-order valence-electron chi connectivity index (χ0n) is 12.0. The van der Waals surface area contributed by atoms with E-state index in [1.807, 2.05) is 6.92 Å². The summed E-state index contributed by atoms with van der Waals surface area (Å²) in [7, 11) is 1.75. The molecule has 19 heavy (non-hydrogen) atoms. The molecule has 0 spiro atoms. The average Bonchev–Trinajstić information content (AvgIpc) is 2.24. The Morgan fingerprint density at radius 2 is 2.16 bits per heavy atom. The van der Waals surface area contributed by atoms with Crippen LogP contribution in [0.5, 0.6) is 0 Å². The average molecular weight is 291 g/mol. The van der Waals surface area contributed by atoms with Crippen molar-refractivity contribution >= 4 is 18.3 Å². The van der Waals surface area contributed by atoms with E-state index in [1.165, 1.54) is 19.3 Å². The highest BCUT2D eigenvalue weighted by molar-refractivity contribution is 5.85. The van der Waals surface area contributed by atoms with E-state index in [-0.39, 0.29) is 24.2 Å². The lowest BCUT2D eigenvalue weighted by molar-refractivity contribution is -0.127. The maximum absolute atomic E-state index is 12.1. The summed E-state index contributed by atoms with van der Waals surface area (Å²) in [5, 5.41) is 6.38. The van der Waals surface area contributed by atoms with Gasteiger partial charge in [0.1, 0.15) is 0 Å². The Kier molecular flexibility index (Phi) is 6.57. The monoisotopic (exact) mass is 290 g/mol. The van der Waals surface area contributed by atoms with E-state index >= 15 is 0 Å². The van der Waals surface area contributed by atoms with Gasteiger partial charge in [-0.25, -0.2) is 0 Å². The quantitative estimate of drug-likeness (QED) is 0.749. The molecule has 1 saturated heterocycles. The predicted molar refractivity (Wildman–Crippen MR) is 78.6 cm³/mol. The van der Waals surface area contributed by atoms with Crippen LogP contribution in [0.3, 0.4) is 0 Å². The number of hydrogen-bond acceptors (Lipinski definition) is 3. The summed E-state index contributed by atoms with van der Waals surface area (Å²) in [5.41, 5.74) is 0.323. The molecule has 1 saturated carbocycles. The summed E-state index contributed by atoms with van der Waals surface area (Å²) >= 11 is 0. The standard InChI is InChI=1S/C14H26N2O2.ClH/c1-11(12-8-15-9-12)13(17)16-10-14(4-3-5-14)6-7-18-2;/h11-12,15H,3-10H2,1-2H3,(H,16,17);1H. The van der Waals surface area contributed by atoms with Gasteiger partial charge in [0.05, 0.1) is 0 Å². The summed E-state index contributed by atoms with van der Waals surface area (Å²) in [6.07, 6.45) is 4.83. The molecule has 2 rings (SSSR count). The smallest absolute Gasteiger partial charge is 0.223 e. The van der Waals surface area contributed by atoms with Crippen molar-refractivity contribution in [3.05, 3.63) is 0 Å². The lowest BCUT2D eigenvalue weighted by atomic mass is 9.66. The molecule has 0 aromatic heterocycles. The first-order valence-electron chi connectivity index (χ1n) is 7.14. The van der Waals surface area contributed by atoms with Gasteiger partial charge in [0.15, 0.2) is 0 Å². The Labute approximate surface area is 122 Å². The molecule has 1 heterocycles. The number of nitrogens with one attached hydrogen (secondary N) is 2. The molecule has 1 amide bonds. The van der Waals surface area contributed by atoms with Crippen LogP contribution in [0, 0.1) is 17.3 Å². The number of carbonyl (C=O) groups excluding carboxylic acids is 1. The summed E-state index contributed by atoms with van der Waals surface area (Å²) in [4.78, 5) is 12.1. The summed E-state index contributed by atoms with van der Waals surface area (Å²) in [6, 6.07) is 0. The third kappa shape index (κ3) is 4.07. The minimum Gasteiger partial charge on any atom is -0.385 e. The van der Waals surface area contributed by atoms with Gasteiger partial charge in [0.25, 0.3) is 0 Å². The van der Waals surface area contributed by atoms with Crippen molar-refractivity contribution in [2.24, 2.45) is 17.3 Å². The van der Waals surface area contributed by atoms with Gasteiger partial charge in [0, 0.05) is 26.2 Å². The lowest BCUT2D eigenvalue weighted by Crippen LogP contribution is -2.51. The number of amides is 1. The first-order valence-corrected chi connectivity index (χ1v) is 7.14. The SMILES string of the molecule is COCCC1(CNC(=O)C(C)C2CNC2)CCC1.Cl. The second-order valence-corrected chi connectivity index (χ2v) is 6.02. The van der Waals surface area contributed by atoms with Gasteiger partial charge in [-0.05, 0) is 43.7 Å². The van der Waals surface area contributed by atoms with Crippen LogP contribution in [-0.4, -0.2) is 39.3 Å². The van der Waals surface area contributed by atoms with E-state index in [0.717, 1.165) is 32.7 Å². The van der Waals surface area contributed by atoms with Gasteiger partial charge in [-0.1, -0.05) is 13.3 Å². The molecule has 1 atom stereocenters. The highest BCUT2D eigenvalue weighted by Crippen LogP contribution is 2.43. The van der Waals surface area contributed by atoms with E-state index in [4.69, 9.17) is 4.74 Å². The normalized spacial score (nSPS) is 22.6. The molecule has 0 radical (unpaired) electrons. The molecule has 4 nitrogen and oxygen atoms in total. The van der Waals surface area contributed by atoms with Gasteiger partial charge < -0.3 is 15.4 Å². The second kappa shape index (κ2) is 7.46. The topological polar surface area (TPSA) is 50.4 Å². The van der Waals surface area contributed by atoms with Crippen LogP contribution < -0.4 is 10.6 Å². The highest BCUT2D eigenvalue weighted by Gasteiger charge is 2.37. The fraction of sp³-hybridized carbons (Fsp3) is 0.929. The molecule has 0 bridgehead atoms. The van der Waals surface area contributed by atoms with Crippen LogP contribution in [0.25, 0.3) is 0 Å². The Morgan fingerprint density at radius 3 is 2.58 bits per heavy atom. The van der Waals surface area contributed by atoms with Crippen molar-refractivity contribution in [1.82, 2.24) is 10.6 Å². The minimum atomic E-state index is 0. The van der Waals surface area contributed by atoms with E-state index in [2.05, 4.69) is 10.6 Å². The number of rotatable bonds is 7. The van der Waals surface area contributed by atoms with E-state index in [1.54, 1.807) is 7.11 Å². The maximum atomic E-state index is 12.1. The second-order valence-electron chi connectivity index (χ2n) is 6.02. The predicted octanol–water partition coefficient (Wildman–Crippen LogP) is 1.59. The van der Waals surface area contributed by atoms with E-state index in [9.17, 15) is 4.79 Å². The first-order chi connectivity index (χ1) is 8.67. The molecule has 2 aliphatic rings.